The molecule has 4 heteroatoms. The summed E-state index contributed by atoms with van der Waals surface area (Å²) in [7, 11) is 0. The SMILES string of the molecule is O=C(CCC1CCNCC1)N1CCN(CC2CC2)c2ccccc21. The van der Waals surface area contributed by atoms with Gasteiger partial charge in [-0.05, 0) is 69.2 Å². The molecule has 1 saturated carbocycles. The Morgan fingerprint density at radius 2 is 1.75 bits per heavy atom. The van der Waals surface area contributed by atoms with Crippen molar-refractivity contribution in [2.24, 2.45) is 11.8 Å². The first-order valence-corrected chi connectivity index (χ1v) is 9.66. The molecule has 3 aliphatic rings. The van der Waals surface area contributed by atoms with E-state index in [0.717, 1.165) is 56.7 Å². The predicted molar refractivity (Wildman–Crippen MR) is 98.6 cm³/mol. The van der Waals surface area contributed by atoms with Crippen molar-refractivity contribution in [3.8, 4) is 0 Å². The molecular weight excluding hydrogens is 298 g/mol. The summed E-state index contributed by atoms with van der Waals surface area (Å²) in [6.45, 7) is 5.21. The maximum absolute atomic E-state index is 12.8. The maximum Gasteiger partial charge on any atom is 0.227 e. The van der Waals surface area contributed by atoms with Crippen LogP contribution in [0.4, 0.5) is 11.4 Å². The minimum absolute atomic E-state index is 0.312. The fourth-order valence-corrected chi connectivity index (χ4v) is 4.12. The second kappa shape index (κ2) is 7.14. The lowest BCUT2D eigenvalue weighted by Gasteiger charge is -2.38. The number of amides is 1. The third-order valence-electron chi connectivity index (χ3n) is 5.81. The van der Waals surface area contributed by atoms with Gasteiger partial charge < -0.3 is 15.1 Å². The second-order valence-corrected chi connectivity index (χ2v) is 7.66. The molecule has 1 aliphatic carbocycles. The Morgan fingerprint density at radius 1 is 1.00 bits per heavy atom. The number of rotatable bonds is 5. The highest BCUT2D eigenvalue weighted by molar-refractivity contribution is 5.97. The Kier molecular flexibility index (Phi) is 4.74. The fourth-order valence-electron chi connectivity index (χ4n) is 4.12. The van der Waals surface area contributed by atoms with Crippen molar-refractivity contribution in [1.82, 2.24) is 5.32 Å². The van der Waals surface area contributed by atoms with Gasteiger partial charge in [0.1, 0.15) is 0 Å². The normalized spacial score (nSPS) is 21.7. The van der Waals surface area contributed by atoms with E-state index < -0.39 is 0 Å². The average molecular weight is 327 g/mol. The predicted octanol–water partition coefficient (Wildman–Crippen LogP) is 3.03. The molecule has 1 amide bonds. The summed E-state index contributed by atoms with van der Waals surface area (Å²) in [6, 6.07) is 8.47. The molecule has 1 saturated heterocycles. The first-order valence-electron chi connectivity index (χ1n) is 9.66. The molecule has 2 fully saturated rings. The van der Waals surface area contributed by atoms with Gasteiger partial charge in [-0.2, -0.15) is 0 Å². The number of nitrogens with one attached hydrogen (secondary N) is 1. The van der Waals surface area contributed by atoms with Crippen LogP contribution in [0.1, 0.15) is 38.5 Å². The van der Waals surface area contributed by atoms with Crippen LogP contribution in [0.25, 0.3) is 0 Å². The first-order chi connectivity index (χ1) is 11.8. The van der Waals surface area contributed by atoms with Gasteiger partial charge in [-0.3, -0.25) is 4.79 Å². The second-order valence-electron chi connectivity index (χ2n) is 7.66. The number of nitrogens with zero attached hydrogens (tertiary/aromatic N) is 2. The third kappa shape index (κ3) is 3.59. The monoisotopic (exact) mass is 327 g/mol. The standard InChI is InChI=1S/C20H29N3O/c24-20(8-7-16-9-11-21-12-10-16)23-14-13-22(15-17-5-6-17)18-3-1-2-4-19(18)23/h1-4,16-17,21H,5-15H2. The molecule has 24 heavy (non-hydrogen) atoms. The lowest BCUT2D eigenvalue weighted by molar-refractivity contribution is -0.119. The van der Waals surface area contributed by atoms with E-state index in [1.807, 2.05) is 4.90 Å². The Bertz CT molecular complexity index is 578. The minimum Gasteiger partial charge on any atom is -0.368 e. The van der Waals surface area contributed by atoms with Crippen LogP contribution in [0, 0.1) is 11.8 Å². The van der Waals surface area contributed by atoms with Gasteiger partial charge >= 0.3 is 0 Å². The van der Waals surface area contributed by atoms with Gasteiger partial charge in [-0.1, -0.05) is 12.1 Å². The summed E-state index contributed by atoms with van der Waals surface area (Å²) in [5, 5.41) is 3.40. The van der Waals surface area contributed by atoms with Gasteiger partial charge in [0.25, 0.3) is 0 Å². The molecule has 0 bridgehead atoms. The zero-order valence-electron chi connectivity index (χ0n) is 14.5. The van der Waals surface area contributed by atoms with E-state index in [0.29, 0.717) is 12.3 Å². The Labute approximate surface area is 145 Å². The van der Waals surface area contributed by atoms with Crippen molar-refractivity contribution in [2.45, 2.75) is 38.5 Å². The number of carbonyl (C=O) groups is 1. The van der Waals surface area contributed by atoms with Crippen molar-refractivity contribution in [3.63, 3.8) is 0 Å². The molecule has 0 radical (unpaired) electrons. The number of hydrogen-bond acceptors (Lipinski definition) is 3. The van der Waals surface area contributed by atoms with Gasteiger partial charge in [0.2, 0.25) is 5.91 Å². The summed E-state index contributed by atoms with van der Waals surface area (Å²) in [5.74, 6) is 1.91. The van der Waals surface area contributed by atoms with Crippen molar-refractivity contribution < 1.29 is 4.79 Å². The summed E-state index contributed by atoms with van der Waals surface area (Å²) in [6.07, 6.45) is 6.93. The number of carbonyl (C=O) groups excluding carboxylic acids is 1. The van der Waals surface area contributed by atoms with E-state index in [9.17, 15) is 4.79 Å². The summed E-state index contributed by atoms with van der Waals surface area (Å²) >= 11 is 0. The molecule has 1 aromatic rings. The number of anilines is 2. The van der Waals surface area contributed by atoms with Crippen LogP contribution in [-0.4, -0.2) is 38.6 Å². The van der Waals surface area contributed by atoms with E-state index in [2.05, 4.69) is 34.5 Å². The molecule has 4 rings (SSSR count). The Hall–Kier alpha value is -1.55. The van der Waals surface area contributed by atoms with Crippen molar-refractivity contribution in [3.05, 3.63) is 24.3 Å². The molecule has 0 unspecified atom stereocenters. The highest BCUT2D eigenvalue weighted by Crippen LogP contribution is 2.37. The van der Waals surface area contributed by atoms with E-state index in [1.165, 1.54) is 31.4 Å². The van der Waals surface area contributed by atoms with Crippen LogP contribution in [-0.2, 0) is 4.79 Å². The van der Waals surface area contributed by atoms with Crippen molar-refractivity contribution >= 4 is 17.3 Å². The topological polar surface area (TPSA) is 35.6 Å². The smallest absolute Gasteiger partial charge is 0.227 e. The molecule has 1 aromatic carbocycles. The largest absolute Gasteiger partial charge is 0.368 e. The molecule has 2 aliphatic heterocycles. The van der Waals surface area contributed by atoms with E-state index in [1.54, 1.807) is 0 Å². The van der Waals surface area contributed by atoms with Gasteiger partial charge in [0, 0.05) is 26.1 Å². The van der Waals surface area contributed by atoms with E-state index >= 15 is 0 Å². The molecule has 130 valence electrons. The number of hydrogen-bond donors (Lipinski definition) is 1. The van der Waals surface area contributed by atoms with Crippen LogP contribution in [0.3, 0.4) is 0 Å². The van der Waals surface area contributed by atoms with Gasteiger partial charge in [-0.25, -0.2) is 0 Å². The van der Waals surface area contributed by atoms with E-state index in [-0.39, 0.29) is 0 Å². The minimum atomic E-state index is 0.312. The highest BCUT2D eigenvalue weighted by atomic mass is 16.2. The van der Waals surface area contributed by atoms with Crippen LogP contribution < -0.4 is 15.1 Å². The lowest BCUT2D eigenvalue weighted by Crippen LogP contribution is -2.45. The maximum atomic E-state index is 12.8. The van der Waals surface area contributed by atoms with Crippen molar-refractivity contribution in [2.75, 3.05) is 42.5 Å². The zero-order chi connectivity index (χ0) is 16.4. The third-order valence-corrected chi connectivity index (χ3v) is 5.81. The quantitative estimate of drug-likeness (QED) is 0.903. The number of piperidine rings is 1. The molecule has 0 spiro atoms. The van der Waals surface area contributed by atoms with E-state index in [4.69, 9.17) is 0 Å². The van der Waals surface area contributed by atoms with Gasteiger partial charge in [0.05, 0.1) is 11.4 Å². The van der Waals surface area contributed by atoms with Crippen LogP contribution in [0.2, 0.25) is 0 Å². The molecular formula is C20H29N3O. The number of fused-ring (bicyclic) bond motifs is 1. The lowest BCUT2D eigenvalue weighted by atomic mass is 9.93. The molecule has 0 aromatic heterocycles. The zero-order valence-corrected chi connectivity index (χ0v) is 14.5. The Balaban J connectivity index is 1.41. The summed E-state index contributed by atoms with van der Waals surface area (Å²) in [5.41, 5.74) is 2.38. The van der Waals surface area contributed by atoms with Crippen LogP contribution >= 0.6 is 0 Å². The molecule has 1 N–H and O–H groups in total. The van der Waals surface area contributed by atoms with Gasteiger partial charge in [0.15, 0.2) is 0 Å². The first kappa shape index (κ1) is 15.9. The fraction of sp³-hybridized carbons (Fsp3) is 0.650. The van der Waals surface area contributed by atoms with Gasteiger partial charge in [-0.15, -0.1) is 0 Å². The summed E-state index contributed by atoms with van der Waals surface area (Å²) < 4.78 is 0. The molecule has 2 heterocycles. The number of benzene rings is 1. The highest BCUT2D eigenvalue weighted by Gasteiger charge is 2.30. The number of para-hydroxylation sites is 2. The average Bonchev–Trinajstić information content (AvgIpc) is 3.45. The molecule has 0 atom stereocenters. The van der Waals surface area contributed by atoms with Crippen LogP contribution in [0.15, 0.2) is 24.3 Å². The molecule has 4 nitrogen and oxygen atoms in total. The summed E-state index contributed by atoms with van der Waals surface area (Å²) in [4.78, 5) is 17.4. The van der Waals surface area contributed by atoms with Crippen molar-refractivity contribution in [1.29, 1.82) is 0 Å². The Morgan fingerprint density at radius 3 is 2.50 bits per heavy atom. The van der Waals surface area contributed by atoms with Crippen LogP contribution in [0.5, 0.6) is 0 Å².